The van der Waals surface area contributed by atoms with E-state index in [0.29, 0.717) is 6.42 Å². The lowest BCUT2D eigenvalue weighted by molar-refractivity contribution is 0.0974. The van der Waals surface area contributed by atoms with Crippen LogP contribution in [0.5, 0.6) is 0 Å². The van der Waals surface area contributed by atoms with Gasteiger partial charge in [-0.1, -0.05) is 12.1 Å². The molecule has 1 aliphatic rings. The van der Waals surface area contributed by atoms with E-state index in [1.807, 2.05) is 32.0 Å². The minimum atomic E-state index is 0.255. The fourth-order valence-corrected chi connectivity index (χ4v) is 1.78. The molecule has 1 N–H and O–H groups in total. The maximum atomic E-state index is 11.6. The van der Waals surface area contributed by atoms with Crippen LogP contribution in [0.2, 0.25) is 0 Å². The molecule has 1 aromatic rings. The van der Waals surface area contributed by atoms with Crippen molar-refractivity contribution in [3.05, 3.63) is 29.3 Å². The molecule has 0 fully saturated rings. The zero-order valence-corrected chi connectivity index (χ0v) is 7.92. The summed E-state index contributed by atoms with van der Waals surface area (Å²) in [6.45, 7) is 4.06. The van der Waals surface area contributed by atoms with E-state index in [1.165, 1.54) is 0 Å². The van der Waals surface area contributed by atoms with Crippen LogP contribution in [0.3, 0.4) is 0 Å². The highest BCUT2D eigenvalue weighted by atomic mass is 16.1. The van der Waals surface area contributed by atoms with E-state index in [4.69, 9.17) is 0 Å². The van der Waals surface area contributed by atoms with Crippen molar-refractivity contribution in [3.8, 4) is 0 Å². The van der Waals surface area contributed by atoms with Crippen molar-refractivity contribution in [2.45, 2.75) is 26.3 Å². The van der Waals surface area contributed by atoms with Crippen LogP contribution in [0.25, 0.3) is 0 Å². The third kappa shape index (κ3) is 1.32. The van der Waals surface area contributed by atoms with Gasteiger partial charge < -0.3 is 5.32 Å². The van der Waals surface area contributed by atoms with Crippen molar-refractivity contribution in [2.75, 3.05) is 5.32 Å². The summed E-state index contributed by atoms with van der Waals surface area (Å²) in [5, 5.41) is 3.34. The lowest BCUT2D eigenvalue weighted by atomic mass is 9.95. The molecule has 1 unspecified atom stereocenters. The van der Waals surface area contributed by atoms with Crippen molar-refractivity contribution in [1.29, 1.82) is 0 Å². The number of Topliss-reactive ketones (excluding diaryl/α,β-unsaturated/α-hetero) is 1. The molecule has 1 aromatic carbocycles. The highest BCUT2D eigenvalue weighted by Crippen LogP contribution is 2.27. The minimum Gasteiger partial charge on any atom is -0.381 e. The normalized spacial score (nSPS) is 20.8. The fourth-order valence-electron chi connectivity index (χ4n) is 1.78. The number of fused-ring (bicyclic) bond motifs is 1. The van der Waals surface area contributed by atoms with E-state index in [-0.39, 0.29) is 11.8 Å². The van der Waals surface area contributed by atoms with Crippen molar-refractivity contribution >= 4 is 11.5 Å². The highest BCUT2D eigenvalue weighted by molar-refractivity contribution is 6.04. The number of carbonyl (C=O) groups excluding carboxylic acids is 1. The molecule has 2 nitrogen and oxygen atoms in total. The number of hydrogen-bond donors (Lipinski definition) is 1. The van der Waals surface area contributed by atoms with Crippen LogP contribution in [-0.2, 0) is 0 Å². The molecule has 0 aromatic heterocycles. The predicted molar refractivity (Wildman–Crippen MR) is 53.2 cm³/mol. The number of para-hydroxylation sites is 1. The molecule has 0 spiro atoms. The van der Waals surface area contributed by atoms with Gasteiger partial charge in [-0.2, -0.15) is 0 Å². The van der Waals surface area contributed by atoms with E-state index >= 15 is 0 Å². The summed E-state index contributed by atoms with van der Waals surface area (Å²) < 4.78 is 0. The van der Waals surface area contributed by atoms with Crippen LogP contribution in [0, 0.1) is 6.92 Å². The van der Waals surface area contributed by atoms with Gasteiger partial charge >= 0.3 is 0 Å². The second-order valence-corrected chi connectivity index (χ2v) is 3.67. The number of aryl methyl sites for hydroxylation is 1. The van der Waals surface area contributed by atoms with Crippen LogP contribution in [0.15, 0.2) is 18.2 Å². The Kier molecular flexibility index (Phi) is 1.83. The first-order chi connectivity index (χ1) is 6.18. The summed E-state index contributed by atoms with van der Waals surface area (Å²) in [6.07, 6.45) is 0.608. The Hall–Kier alpha value is -1.31. The average Bonchev–Trinajstić information content (AvgIpc) is 2.07. The molecule has 0 saturated carbocycles. The average molecular weight is 175 g/mol. The third-order valence-electron chi connectivity index (χ3n) is 2.46. The number of benzene rings is 1. The Balaban J connectivity index is 2.55. The maximum Gasteiger partial charge on any atom is 0.166 e. The number of rotatable bonds is 0. The summed E-state index contributed by atoms with van der Waals surface area (Å²) in [5.41, 5.74) is 3.02. The molecule has 1 heterocycles. The van der Waals surface area contributed by atoms with Gasteiger partial charge in [0.05, 0.1) is 0 Å². The minimum absolute atomic E-state index is 0.255. The molecule has 2 heteroatoms. The Bertz CT molecular complexity index is 357. The zero-order valence-electron chi connectivity index (χ0n) is 7.92. The standard InChI is InChI=1S/C11H13NO/c1-7-4-3-5-9-10(13)6-8(2)12-11(7)9/h3-5,8,12H,6H2,1-2H3. The summed E-state index contributed by atoms with van der Waals surface area (Å²) >= 11 is 0. The van der Waals surface area contributed by atoms with Gasteiger partial charge in [0.25, 0.3) is 0 Å². The number of nitrogens with one attached hydrogen (secondary N) is 1. The van der Waals surface area contributed by atoms with Gasteiger partial charge in [-0.3, -0.25) is 4.79 Å². The predicted octanol–water partition coefficient (Wildman–Crippen LogP) is 2.38. The smallest absolute Gasteiger partial charge is 0.166 e. The quantitative estimate of drug-likeness (QED) is 0.656. The van der Waals surface area contributed by atoms with Crippen LogP contribution < -0.4 is 5.32 Å². The molecule has 0 bridgehead atoms. The SMILES string of the molecule is Cc1cccc2c1NC(C)CC2=O. The van der Waals surface area contributed by atoms with Gasteiger partial charge in [0.2, 0.25) is 0 Å². The highest BCUT2D eigenvalue weighted by Gasteiger charge is 2.21. The van der Waals surface area contributed by atoms with E-state index in [9.17, 15) is 4.79 Å². The molecule has 0 amide bonds. The number of ketones is 1. The fraction of sp³-hybridized carbons (Fsp3) is 0.364. The molecule has 1 aliphatic heterocycles. The molecule has 1 atom stereocenters. The van der Waals surface area contributed by atoms with E-state index in [2.05, 4.69) is 5.32 Å². The number of anilines is 1. The Morgan fingerprint density at radius 1 is 1.46 bits per heavy atom. The Morgan fingerprint density at radius 3 is 3.00 bits per heavy atom. The first kappa shape index (κ1) is 8.30. The van der Waals surface area contributed by atoms with E-state index in [1.54, 1.807) is 0 Å². The summed E-state index contributed by atoms with van der Waals surface area (Å²) in [4.78, 5) is 11.6. The second kappa shape index (κ2) is 2.87. The maximum absolute atomic E-state index is 11.6. The monoisotopic (exact) mass is 175 g/mol. The van der Waals surface area contributed by atoms with Gasteiger partial charge in [0.15, 0.2) is 5.78 Å². The van der Waals surface area contributed by atoms with Gasteiger partial charge in [-0.15, -0.1) is 0 Å². The van der Waals surface area contributed by atoms with Crippen molar-refractivity contribution in [3.63, 3.8) is 0 Å². The molecule has 68 valence electrons. The van der Waals surface area contributed by atoms with Crippen LogP contribution >= 0.6 is 0 Å². The summed E-state index contributed by atoms with van der Waals surface area (Å²) in [7, 11) is 0. The van der Waals surface area contributed by atoms with Gasteiger partial charge in [0.1, 0.15) is 0 Å². The third-order valence-corrected chi connectivity index (χ3v) is 2.46. The number of hydrogen-bond acceptors (Lipinski definition) is 2. The molecular weight excluding hydrogens is 162 g/mol. The van der Waals surface area contributed by atoms with Crippen molar-refractivity contribution in [2.24, 2.45) is 0 Å². The van der Waals surface area contributed by atoms with Crippen LogP contribution in [-0.4, -0.2) is 11.8 Å². The van der Waals surface area contributed by atoms with E-state index < -0.39 is 0 Å². The van der Waals surface area contributed by atoms with Crippen LogP contribution in [0.4, 0.5) is 5.69 Å². The number of carbonyl (C=O) groups is 1. The molecule has 0 aliphatic carbocycles. The van der Waals surface area contributed by atoms with Crippen LogP contribution in [0.1, 0.15) is 29.3 Å². The first-order valence-electron chi connectivity index (χ1n) is 4.58. The summed E-state index contributed by atoms with van der Waals surface area (Å²) in [6, 6.07) is 6.12. The molecule has 0 radical (unpaired) electrons. The molecule has 0 saturated heterocycles. The van der Waals surface area contributed by atoms with Gasteiger partial charge in [-0.25, -0.2) is 0 Å². The first-order valence-corrected chi connectivity index (χ1v) is 4.58. The lowest BCUT2D eigenvalue weighted by Crippen LogP contribution is -2.27. The Labute approximate surface area is 78.0 Å². The molecular formula is C11H13NO. The van der Waals surface area contributed by atoms with Gasteiger partial charge in [-0.05, 0) is 25.5 Å². The van der Waals surface area contributed by atoms with Crippen molar-refractivity contribution < 1.29 is 4.79 Å². The summed E-state index contributed by atoms with van der Waals surface area (Å²) in [5.74, 6) is 0.255. The topological polar surface area (TPSA) is 29.1 Å². The zero-order chi connectivity index (χ0) is 9.42. The van der Waals surface area contributed by atoms with Gasteiger partial charge in [0, 0.05) is 23.7 Å². The van der Waals surface area contributed by atoms with Crippen molar-refractivity contribution in [1.82, 2.24) is 0 Å². The molecule has 2 rings (SSSR count). The largest absolute Gasteiger partial charge is 0.381 e. The molecule has 13 heavy (non-hydrogen) atoms. The Morgan fingerprint density at radius 2 is 2.23 bits per heavy atom. The van der Waals surface area contributed by atoms with E-state index in [0.717, 1.165) is 16.8 Å². The lowest BCUT2D eigenvalue weighted by Gasteiger charge is -2.24. The second-order valence-electron chi connectivity index (χ2n) is 3.67.